The second-order valence-corrected chi connectivity index (χ2v) is 5.30. The van der Waals surface area contributed by atoms with Gasteiger partial charge in [0.25, 0.3) is 0 Å². The molecule has 1 aromatic heterocycles. The molecule has 1 aromatic carbocycles. The first kappa shape index (κ1) is 13.6. The maximum Gasteiger partial charge on any atom is 0.127 e. The number of anilines is 1. The first-order valence-corrected chi connectivity index (χ1v) is 6.59. The number of nitrogens with two attached hydrogens (primary N) is 1. The number of rotatable bonds is 4. The predicted molar refractivity (Wildman–Crippen MR) is 80.5 cm³/mol. The molecule has 2 aromatic rings. The summed E-state index contributed by atoms with van der Waals surface area (Å²) < 4.78 is 2.93. The SMILES string of the molecule is CN(Cc1nccn1C)c1cc(Br)ccc1C(=N)N. The zero-order valence-electron chi connectivity index (χ0n) is 10.9. The molecule has 0 spiro atoms. The number of nitrogens with one attached hydrogen (secondary N) is 1. The summed E-state index contributed by atoms with van der Waals surface area (Å²) in [6, 6.07) is 5.69. The van der Waals surface area contributed by atoms with Gasteiger partial charge in [-0.2, -0.15) is 0 Å². The van der Waals surface area contributed by atoms with E-state index >= 15 is 0 Å². The van der Waals surface area contributed by atoms with Crippen LogP contribution in [0.3, 0.4) is 0 Å². The third kappa shape index (κ3) is 2.96. The fraction of sp³-hybridized carbons (Fsp3) is 0.231. The van der Waals surface area contributed by atoms with Crippen LogP contribution in [0.25, 0.3) is 0 Å². The fourth-order valence-electron chi connectivity index (χ4n) is 1.89. The molecule has 6 heteroatoms. The highest BCUT2D eigenvalue weighted by Gasteiger charge is 2.12. The lowest BCUT2D eigenvalue weighted by molar-refractivity contribution is 0.761. The van der Waals surface area contributed by atoms with Gasteiger partial charge in [-0.25, -0.2) is 4.98 Å². The molecule has 0 radical (unpaired) electrons. The Morgan fingerprint density at radius 3 is 2.84 bits per heavy atom. The zero-order valence-corrected chi connectivity index (χ0v) is 12.5. The van der Waals surface area contributed by atoms with E-state index in [9.17, 15) is 0 Å². The van der Waals surface area contributed by atoms with E-state index in [4.69, 9.17) is 11.1 Å². The molecule has 5 nitrogen and oxygen atoms in total. The summed E-state index contributed by atoms with van der Waals surface area (Å²) in [6.07, 6.45) is 3.69. The molecule has 2 rings (SSSR count). The maximum atomic E-state index is 7.65. The number of aromatic nitrogens is 2. The third-order valence-electron chi connectivity index (χ3n) is 2.96. The van der Waals surface area contributed by atoms with Gasteiger partial charge in [0.1, 0.15) is 11.7 Å². The molecule has 0 unspecified atom stereocenters. The number of hydrogen-bond donors (Lipinski definition) is 2. The van der Waals surface area contributed by atoms with Crippen molar-refractivity contribution >= 4 is 27.5 Å². The summed E-state index contributed by atoms with van der Waals surface area (Å²) in [5.41, 5.74) is 7.26. The van der Waals surface area contributed by atoms with Crippen LogP contribution in [-0.2, 0) is 13.6 Å². The average Bonchev–Trinajstić information content (AvgIpc) is 2.74. The number of aryl methyl sites for hydroxylation is 1. The smallest absolute Gasteiger partial charge is 0.127 e. The van der Waals surface area contributed by atoms with Gasteiger partial charge in [0.2, 0.25) is 0 Å². The summed E-state index contributed by atoms with van der Waals surface area (Å²) in [6.45, 7) is 0.653. The molecule has 3 N–H and O–H groups in total. The molecule has 0 aliphatic rings. The summed E-state index contributed by atoms with van der Waals surface area (Å²) in [5.74, 6) is 1.02. The minimum Gasteiger partial charge on any atom is -0.384 e. The van der Waals surface area contributed by atoms with Crippen LogP contribution in [0.4, 0.5) is 5.69 Å². The molecule has 0 saturated heterocycles. The van der Waals surface area contributed by atoms with Crippen molar-refractivity contribution in [3.8, 4) is 0 Å². The van der Waals surface area contributed by atoms with Crippen molar-refractivity contribution in [2.24, 2.45) is 12.8 Å². The number of hydrogen-bond acceptors (Lipinski definition) is 3. The average molecular weight is 322 g/mol. The largest absolute Gasteiger partial charge is 0.384 e. The number of benzene rings is 1. The topological polar surface area (TPSA) is 70.9 Å². The molecular weight excluding hydrogens is 306 g/mol. The predicted octanol–water partition coefficient (Wildman–Crippen LogP) is 2.10. The van der Waals surface area contributed by atoms with Crippen molar-refractivity contribution in [3.05, 3.63) is 46.5 Å². The van der Waals surface area contributed by atoms with Crippen LogP contribution in [0.2, 0.25) is 0 Å². The molecule has 100 valence electrons. The number of nitrogens with zero attached hydrogens (tertiary/aromatic N) is 3. The van der Waals surface area contributed by atoms with E-state index in [2.05, 4.69) is 20.9 Å². The normalized spacial score (nSPS) is 10.5. The van der Waals surface area contributed by atoms with E-state index in [1.165, 1.54) is 0 Å². The lowest BCUT2D eigenvalue weighted by Gasteiger charge is -2.22. The molecule has 0 aliphatic carbocycles. The van der Waals surface area contributed by atoms with Crippen LogP contribution in [-0.4, -0.2) is 22.4 Å². The molecule has 0 amide bonds. The lowest BCUT2D eigenvalue weighted by atomic mass is 10.1. The second kappa shape index (κ2) is 5.44. The quantitative estimate of drug-likeness (QED) is 0.669. The van der Waals surface area contributed by atoms with Crippen LogP contribution in [0.15, 0.2) is 35.1 Å². The molecule has 0 bridgehead atoms. The van der Waals surface area contributed by atoms with Crippen LogP contribution >= 0.6 is 15.9 Å². The monoisotopic (exact) mass is 321 g/mol. The van der Waals surface area contributed by atoms with Gasteiger partial charge >= 0.3 is 0 Å². The van der Waals surface area contributed by atoms with Crippen LogP contribution in [0.1, 0.15) is 11.4 Å². The first-order valence-electron chi connectivity index (χ1n) is 5.80. The van der Waals surface area contributed by atoms with Gasteiger partial charge in [-0.15, -0.1) is 0 Å². The second-order valence-electron chi connectivity index (χ2n) is 4.39. The molecule has 0 saturated carbocycles. The van der Waals surface area contributed by atoms with Gasteiger partial charge in [0.05, 0.1) is 6.54 Å². The van der Waals surface area contributed by atoms with Crippen molar-refractivity contribution < 1.29 is 0 Å². The molecule has 1 heterocycles. The van der Waals surface area contributed by atoms with E-state index < -0.39 is 0 Å². The Balaban J connectivity index is 2.32. The molecule has 0 aliphatic heterocycles. The van der Waals surface area contributed by atoms with Crippen molar-refractivity contribution in [2.45, 2.75) is 6.54 Å². The molecule has 0 atom stereocenters. The molecule has 0 fully saturated rings. The highest BCUT2D eigenvalue weighted by Crippen LogP contribution is 2.25. The number of nitrogen functional groups attached to an aromatic ring is 1. The number of amidine groups is 1. The van der Waals surface area contributed by atoms with E-state index in [0.29, 0.717) is 6.54 Å². The van der Waals surface area contributed by atoms with Gasteiger partial charge in [-0.1, -0.05) is 15.9 Å². The first-order chi connectivity index (χ1) is 8.99. The van der Waals surface area contributed by atoms with Gasteiger partial charge in [-0.3, -0.25) is 5.41 Å². The Labute approximate surface area is 120 Å². The van der Waals surface area contributed by atoms with Crippen molar-refractivity contribution in [2.75, 3.05) is 11.9 Å². The summed E-state index contributed by atoms with van der Waals surface area (Å²) in [5, 5.41) is 7.65. The third-order valence-corrected chi connectivity index (χ3v) is 3.45. The number of imidazole rings is 1. The lowest BCUT2D eigenvalue weighted by Crippen LogP contribution is -2.23. The Bertz CT molecular complexity index is 605. The van der Waals surface area contributed by atoms with Gasteiger partial charge in [0, 0.05) is 42.2 Å². The zero-order chi connectivity index (χ0) is 14.0. The van der Waals surface area contributed by atoms with Gasteiger partial charge < -0.3 is 15.2 Å². The summed E-state index contributed by atoms with van der Waals surface area (Å²) in [4.78, 5) is 6.33. The Kier molecular flexibility index (Phi) is 3.90. The summed E-state index contributed by atoms with van der Waals surface area (Å²) in [7, 11) is 3.92. The Hall–Kier alpha value is -1.82. The van der Waals surface area contributed by atoms with Crippen molar-refractivity contribution in [1.82, 2.24) is 9.55 Å². The summed E-state index contributed by atoms with van der Waals surface area (Å²) >= 11 is 3.45. The van der Waals surface area contributed by atoms with Crippen molar-refractivity contribution in [3.63, 3.8) is 0 Å². The van der Waals surface area contributed by atoms with Crippen LogP contribution in [0.5, 0.6) is 0 Å². The van der Waals surface area contributed by atoms with E-state index in [1.54, 1.807) is 6.20 Å². The highest BCUT2D eigenvalue weighted by atomic mass is 79.9. The van der Waals surface area contributed by atoms with Gasteiger partial charge in [-0.05, 0) is 18.2 Å². The van der Waals surface area contributed by atoms with E-state index in [0.717, 1.165) is 21.5 Å². The van der Waals surface area contributed by atoms with E-state index in [-0.39, 0.29) is 5.84 Å². The minimum atomic E-state index is 0.0641. The van der Waals surface area contributed by atoms with Gasteiger partial charge in [0.15, 0.2) is 0 Å². The maximum absolute atomic E-state index is 7.65. The van der Waals surface area contributed by atoms with Crippen molar-refractivity contribution in [1.29, 1.82) is 5.41 Å². The number of halogens is 1. The fourth-order valence-corrected chi connectivity index (χ4v) is 2.24. The molecule has 19 heavy (non-hydrogen) atoms. The standard InChI is InChI=1S/C13H16BrN5/c1-18-6-5-17-12(18)8-19(2)11-7-9(14)3-4-10(11)13(15)16/h3-7H,8H2,1-2H3,(H3,15,16). The van der Waals surface area contributed by atoms with Crippen LogP contribution < -0.4 is 10.6 Å². The minimum absolute atomic E-state index is 0.0641. The molecular formula is C13H16BrN5. The highest BCUT2D eigenvalue weighted by molar-refractivity contribution is 9.10. The Morgan fingerprint density at radius 1 is 1.53 bits per heavy atom. The Morgan fingerprint density at radius 2 is 2.26 bits per heavy atom. The van der Waals surface area contributed by atoms with Crippen LogP contribution in [0, 0.1) is 5.41 Å². The van der Waals surface area contributed by atoms with E-state index in [1.807, 2.05) is 48.0 Å².